The molecule has 0 bridgehead atoms. The third-order valence-electron chi connectivity index (χ3n) is 3.54. The minimum absolute atomic E-state index is 0.204. The zero-order valence-corrected chi connectivity index (χ0v) is 13.8. The number of carbonyl (C=O) groups is 2. The van der Waals surface area contributed by atoms with Crippen LogP contribution in [0.2, 0.25) is 5.02 Å². The molecule has 1 N–H and O–H groups in total. The van der Waals surface area contributed by atoms with Crippen molar-refractivity contribution in [3.8, 4) is 11.5 Å². The molecule has 2 aromatic carbocycles. The lowest BCUT2D eigenvalue weighted by molar-refractivity contribution is -0.131. The first-order chi connectivity index (χ1) is 11.5. The molecule has 0 aliphatic carbocycles. The fourth-order valence-electron chi connectivity index (χ4n) is 2.43. The summed E-state index contributed by atoms with van der Waals surface area (Å²) in [6.45, 7) is 1.29. The van der Waals surface area contributed by atoms with Gasteiger partial charge in [-0.2, -0.15) is 0 Å². The van der Waals surface area contributed by atoms with E-state index in [4.69, 9.17) is 21.1 Å². The Morgan fingerprint density at radius 2 is 1.79 bits per heavy atom. The smallest absolute Gasteiger partial charge is 0.308 e. The Labute approximate surface area is 143 Å². The predicted molar refractivity (Wildman–Crippen MR) is 91.0 cm³/mol. The molecule has 0 unspecified atom stereocenters. The third kappa shape index (κ3) is 2.98. The molecule has 0 aliphatic rings. The Bertz CT molecular complexity index is 928. The van der Waals surface area contributed by atoms with Gasteiger partial charge in [0.2, 0.25) is 5.78 Å². The molecule has 0 spiro atoms. The van der Waals surface area contributed by atoms with Gasteiger partial charge < -0.3 is 14.5 Å². The summed E-state index contributed by atoms with van der Waals surface area (Å²) >= 11 is 5.86. The first-order valence-electron chi connectivity index (χ1n) is 7.18. The second-order valence-corrected chi connectivity index (χ2v) is 5.61. The molecule has 3 rings (SSSR count). The van der Waals surface area contributed by atoms with E-state index in [2.05, 4.69) is 4.98 Å². The van der Waals surface area contributed by atoms with Gasteiger partial charge in [0.1, 0.15) is 11.4 Å². The van der Waals surface area contributed by atoms with Crippen molar-refractivity contribution >= 4 is 34.3 Å². The predicted octanol–water partition coefficient (Wildman–Crippen LogP) is 3.99. The van der Waals surface area contributed by atoms with Crippen LogP contribution in [0.3, 0.4) is 0 Å². The van der Waals surface area contributed by atoms with Gasteiger partial charge in [0, 0.05) is 29.0 Å². The van der Waals surface area contributed by atoms with Gasteiger partial charge in [0.05, 0.1) is 12.6 Å². The van der Waals surface area contributed by atoms with Crippen molar-refractivity contribution in [3.63, 3.8) is 0 Å². The average Bonchev–Trinajstić information content (AvgIpc) is 2.92. The number of H-pyrrole nitrogens is 1. The number of fused-ring (bicyclic) bond motifs is 1. The number of halogens is 1. The van der Waals surface area contributed by atoms with Crippen molar-refractivity contribution in [2.45, 2.75) is 6.92 Å². The molecule has 0 saturated heterocycles. The second kappa shape index (κ2) is 6.37. The van der Waals surface area contributed by atoms with Crippen LogP contribution < -0.4 is 9.47 Å². The molecule has 24 heavy (non-hydrogen) atoms. The van der Waals surface area contributed by atoms with Gasteiger partial charge in [-0.3, -0.25) is 9.59 Å². The molecule has 6 heteroatoms. The Morgan fingerprint density at radius 3 is 2.42 bits per heavy atom. The highest BCUT2D eigenvalue weighted by Gasteiger charge is 2.22. The standard InChI is InChI=1S/C18H14ClNO4/c1-10(21)24-18-14-8-7-13(23-2)9-15(14)20-16(18)17(22)11-3-5-12(19)6-4-11/h3-9,20H,1-2H3. The molecular formula is C18H14ClNO4. The van der Waals surface area contributed by atoms with E-state index in [1.54, 1.807) is 49.6 Å². The summed E-state index contributed by atoms with van der Waals surface area (Å²) in [7, 11) is 1.55. The van der Waals surface area contributed by atoms with Crippen LogP contribution in [0.15, 0.2) is 42.5 Å². The molecule has 5 nitrogen and oxygen atoms in total. The molecule has 0 aliphatic heterocycles. The molecule has 1 heterocycles. The van der Waals surface area contributed by atoms with Crippen molar-refractivity contribution in [3.05, 3.63) is 58.7 Å². The highest BCUT2D eigenvalue weighted by Crippen LogP contribution is 2.34. The number of carbonyl (C=O) groups excluding carboxylic acids is 2. The van der Waals surface area contributed by atoms with Crippen LogP contribution >= 0.6 is 11.6 Å². The lowest BCUT2D eigenvalue weighted by atomic mass is 10.1. The lowest BCUT2D eigenvalue weighted by Crippen LogP contribution is -2.08. The number of hydrogen-bond donors (Lipinski definition) is 1. The van der Waals surface area contributed by atoms with Crippen molar-refractivity contribution in [2.24, 2.45) is 0 Å². The van der Waals surface area contributed by atoms with Gasteiger partial charge in [0.15, 0.2) is 5.75 Å². The summed E-state index contributed by atoms with van der Waals surface area (Å²) in [4.78, 5) is 27.2. The topological polar surface area (TPSA) is 68.4 Å². The first-order valence-corrected chi connectivity index (χ1v) is 7.56. The van der Waals surface area contributed by atoms with E-state index in [-0.39, 0.29) is 17.2 Å². The van der Waals surface area contributed by atoms with Crippen LogP contribution in [-0.4, -0.2) is 23.8 Å². The molecule has 0 fully saturated rings. The summed E-state index contributed by atoms with van der Waals surface area (Å²) in [5, 5.41) is 1.16. The Balaban J connectivity index is 2.15. The zero-order valence-electron chi connectivity index (χ0n) is 13.1. The summed E-state index contributed by atoms with van der Waals surface area (Å²) in [6.07, 6.45) is 0. The maximum absolute atomic E-state index is 12.8. The van der Waals surface area contributed by atoms with Crippen molar-refractivity contribution in [2.75, 3.05) is 7.11 Å². The van der Waals surface area contributed by atoms with Gasteiger partial charge in [-0.15, -0.1) is 0 Å². The van der Waals surface area contributed by atoms with E-state index < -0.39 is 5.97 Å². The van der Waals surface area contributed by atoms with Crippen LogP contribution in [0.1, 0.15) is 23.0 Å². The first kappa shape index (κ1) is 16.1. The zero-order chi connectivity index (χ0) is 17.3. The number of aromatic amines is 1. The third-order valence-corrected chi connectivity index (χ3v) is 3.79. The highest BCUT2D eigenvalue weighted by molar-refractivity contribution is 6.30. The van der Waals surface area contributed by atoms with Crippen molar-refractivity contribution in [1.29, 1.82) is 0 Å². The van der Waals surface area contributed by atoms with E-state index >= 15 is 0 Å². The fraction of sp³-hybridized carbons (Fsp3) is 0.111. The number of nitrogens with one attached hydrogen (secondary N) is 1. The molecular weight excluding hydrogens is 330 g/mol. The summed E-state index contributed by atoms with van der Waals surface area (Å²) in [6, 6.07) is 11.7. The summed E-state index contributed by atoms with van der Waals surface area (Å²) < 4.78 is 10.5. The van der Waals surface area contributed by atoms with E-state index in [0.29, 0.717) is 27.2 Å². The van der Waals surface area contributed by atoms with Crippen LogP contribution in [0.4, 0.5) is 0 Å². The number of hydrogen-bond acceptors (Lipinski definition) is 4. The number of aromatic nitrogens is 1. The van der Waals surface area contributed by atoms with Crippen molar-refractivity contribution in [1.82, 2.24) is 4.98 Å². The maximum atomic E-state index is 12.8. The van der Waals surface area contributed by atoms with E-state index in [1.807, 2.05) is 0 Å². The Kier molecular flexibility index (Phi) is 4.27. The molecule has 0 amide bonds. The van der Waals surface area contributed by atoms with Crippen LogP contribution in [0.5, 0.6) is 11.5 Å². The quantitative estimate of drug-likeness (QED) is 0.574. The SMILES string of the molecule is COc1ccc2c(OC(C)=O)c(C(=O)c3ccc(Cl)cc3)[nH]c2c1. The van der Waals surface area contributed by atoms with Gasteiger partial charge in [0.25, 0.3) is 0 Å². The van der Waals surface area contributed by atoms with Gasteiger partial charge in [-0.25, -0.2) is 0 Å². The Hall–Kier alpha value is -2.79. The van der Waals surface area contributed by atoms with E-state index in [9.17, 15) is 9.59 Å². The number of rotatable bonds is 4. The lowest BCUT2D eigenvalue weighted by Gasteiger charge is -2.04. The molecule has 3 aromatic rings. The normalized spacial score (nSPS) is 10.6. The van der Waals surface area contributed by atoms with Gasteiger partial charge in [-0.05, 0) is 36.4 Å². The number of methoxy groups -OCH3 is 1. The second-order valence-electron chi connectivity index (χ2n) is 5.17. The minimum atomic E-state index is -0.503. The molecule has 0 radical (unpaired) electrons. The number of ether oxygens (including phenoxy) is 2. The number of esters is 1. The largest absolute Gasteiger partial charge is 0.497 e. The van der Waals surface area contributed by atoms with Crippen LogP contribution in [-0.2, 0) is 4.79 Å². The molecule has 122 valence electrons. The van der Waals surface area contributed by atoms with Crippen LogP contribution in [0, 0.1) is 0 Å². The van der Waals surface area contributed by atoms with Crippen molar-refractivity contribution < 1.29 is 19.1 Å². The highest BCUT2D eigenvalue weighted by atomic mass is 35.5. The van der Waals surface area contributed by atoms with E-state index in [1.165, 1.54) is 6.92 Å². The molecule has 0 saturated carbocycles. The van der Waals surface area contributed by atoms with Crippen LogP contribution in [0.25, 0.3) is 10.9 Å². The van der Waals surface area contributed by atoms with E-state index in [0.717, 1.165) is 0 Å². The Morgan fingerprint density at radius 1 is 1.08 bits per heavy atom. The minimum Gasteiger partial charge on any atom is -0.497 e. The molecule has 0 atom stereocenters. The number of benzene rings is 2. The molecule has 1 aromatic heterocycles. The van der Waals surface area contributed by atoms with Gasteiger partial charge in [-0.1, -0.05) is 11.6 Å². The monoisotopic (exact) mass is 343 g/mol. The average molecular weight is 344 g/mol. The fourth-order valence-corrected chi connectivity index (χ4v) is 2.56. The summed E-state index contributed by atoms with van der Waals surface area (Å²) in [5.74, 6) is 0.0404. The van der Waals surface area contributed by atoms with Gasteiger partial charge >= 0.3 is 5.97 Å². The number of ketones is 1. The maximum Gasteiger partial charge on any atom is 0.308 e. The summed E-state index contributed by atoms with van der Waals surface area (Å²) in [5.41, 5.74) is 1.28.